The Kier molecular flexibility index (Phi) is 2.70. The summed E-state index contributed by atoms with van der Waals surface area (Å²) in [7, 11) is 2.11. The van der Waals surface area contributed by atoms with Gasteiger partial charge in [0, 0.05) is 61.4 Å². The molecule has 0 bridgehead atoms. The lowest BCUT2D eigenvalue weighted by Crippen LogP contribution is -2.27. The fourth-order valence-electron chi connectivity index (χ4n) is 3.55. The molecule has 0 saturated carbocycles. The van der Waals surface area contributed by atoms with Crippen molar-refractivity contribution in [3.63, 3.8) is 0 Å². The van der Waals surface area contributed by atoms with Gasteiger partial charge >= 0.3 is 0 Å². The van der Waals surface area contributed by atoms with Gasteiger partial charge in [-0.15, -0.1) is 0 Å². The molecule has 4 rings (SSSR count). The molecule has 2 aromatic heterocycles. The molecule has 0 fully saturated rings. The molecule has 0 unspecified atom stereocenters. The van der Waals surface area contributed by atoms with E-state index in [0.717, 1.165) is 25.0 Å². The van der Waals surface area contributed by atoms with Crippen LogP contribution in [0.1, 0.15) is 34.9 Å². The van der Waals surface area contributed by atoms with Gasteiger partial charge in [-0.05, 0) is 56.5 Å². The summed E-state index contributed by atoms with van der Waals surface area (Å²) in [6.07, 6.45) is 0.567. The highest BCUT2D eigenvalue weighted by Crippen LogP contribution is 2.31. The van der Waals surface area contributed by atoms with Crippen molar-refractivity contribution in [2.75, 3.05) is 13.6 Å². The molecule has 3 nitrogen and oxygen atoms in total. The molecule has 1 aliphatic heterocycles. The Morgan fingerprint density at radius 1 is 1.29 bits per heavy atom. The van der Waals surface area contributed by atoms with Crippen LogP contribution in [0.4, 0.5) is 0 Å². The van der Waals surface area contributed by atoms with E-state index in [1.54, 1.807) is 6.07 Å². The van der Waals surface area contributed by atoms with Crippen LogP contribution in [-0.2, 0) is 25.9 Å². The summed E-state index contributed by atoms with van der Waals surface area (Å²) in [6, 6.07) is 9.28. The van der Waals surface area contributed by atoms with Crippen molar-refractivity contribution in [1.29, 1.82) is 0 Å². The number of aromatic nitrogens is 2. The maximum Gasteiger partial charge on any atom is 0.0486 e. The Morgan fingerprint density at radius 3 is 3.00 bits per heavy atom. The monoisotopic (exact) mass is 324 g/mol. The second-order valence-electron chi connectivity index (χ2n) is 6.63. The summed E-state index contributed by atoms with van der Waals surface area (Å²) in [4.78, 5) is 6.29. The first-order valence-corrected chi connectivity index (χ1v) is 8.32. The molecule has 3 aromatic rings. The average Bonchev–Trinajstić information content (AvgIpc) is 2.93. The summed E-state index contributed by atoms with van der Waals surface area (Å²) in [6.45, 7) is 1.76. The summed E-state index contributed by atoms with van der Waals surface area (Å²) >= 11 is 0. The lowest BCUT2D eigenvalue weighted by atomic mass is 10.0. The van der Waals surface area contributed by atoms with Gasteiger partial charge in [-0.25, -0.2) is 0 Å². The van der Waals surface area contributed by atoms with Crippen LogP contribution in [-0.4, -0.2) is 28.0 Å². The molecule has 24 heavy (non-hydrogen) atoms. The molecular formula is C21H25N3. The Bertz CT molecular complexity index is 1050. The fourth-order valence-corrected chi connectivity index (χ4v) is 3.55. The third kappa shape index (κ3) is 2.73. The number of hydrogen-bond donors (Lipinski definition) is 0. The van der Waals surface area contributed by atoms with Gasteiger partial charge in [0.05, 0.1) is 0 Å². The van der Waals surface area contributed by atoms with E-state index in [1.807, 2.05) is 0 Å². The molecule has 124 valence electrons. The minimum atomic E-state index is -2.29. The van der Waals surface area contributed by atoms with Crippen molar-refractivity contribution in [2.45, 2.75) is 39.7 Å². The summed E-state index contributed by atoms with van der Waals surface area (Å²) in [5, 5.41) is 1.19. The minimum Gasteiger partial charge on any atom is -0.344 e. The summed E-state index contributed by atoms with van der Waals surface area (Å²) in [5.74, 6) is 0. The van der Waals surface area contributed by atoms with Crippen LogP contribution >= 0.6 is 0 Å². The Labute approximate surface area is 151 Å². The second-order valence-corrected chi connectivity index (χ2v) is 6.63. The third-order valence-corrected chi connectivity index (χ3v) is 4.81. The molecule has 0 amide bonds. The van der Waals surface area contributed by atoms with Crippen LogP contribution < -0.4 is 0 Å². The average molecular weight is 324 g/mol. The molecule has 1 aliphatic rings. The zero-order valence-electron chi connectivity index (χ0n) is 19.1. The number of rotatable bonds is 3. The van der Waals surface area contributed by atoms with Gasteiger partial charge in [-0.2, -0.15) is 0 Å². The van der Waals surface area contributed by atoms with Crippen LogP contribution in [0, 0.1) is 13.8 Å². The molecule has 0 saturated heterocycles. The lowest BCUT2D eigenvalue weighted by Gasteiger charge is -2.24. The largest absolute Gasteiger partial charge is 0.344 e. The highest BCUT2D eigenvalue weighted by atomic mass is 15.1. The van der Waals surface area contributed by atoms with E-state index in [-0.39, 0.29) is 12.2 Å². The number of pyridine rings is 1. The SMILES string of the molecule is [2H]C([2H])([2H])c1ccc(C([2H])([2H])Cn2c3c(c4cc(C)ccc42)CN(C)CC3)cn1. The van der Waals surface area contributed by atoms with Crippen LogP contribution in [0.3, 0.4) is 0 Å². The quantitative estimate of drug-likeness (QED) is 0.729. The van der Waals surface area contributed by atoms with Gasteiger partial charge in [0.2, 0.25) is 0 Å². The van der Waals surface area contributed by atoms with Crippen molar-refractivity contribution >= 4 is 10.9 Å². The maximum atomic E-state index is 8.70. The molecule has 0 N–H and O–H groups in total. The third-order valence-electron chi connectivity index (χ3n) is 4.81. The van der Waals surface area contributed by atoms with Gasteiger partial charge in [-0.3, -0.25) is 4.98 Å². The first kappa shape index (κ1) is 10.7. The number of hydrogen-bond acceptors (Lipinski definition) is 2. The number of likely N-dealkylation sites (N-methyl/N-ethyl adjacent to an activating group) is 1. The molecule has 3 heterocycles. The van der Waals surface area contributed by atoms with Crippen molar-refractivity contribution in [3.8, 4) is 0 Å². The molecule has 0 radical (unpaired) electrons. The summed E-state index contributed by atoms with van der Waals surface area (Å²) in [5.41, 5.74) is 5.09. The Morgan fingerprint density at radius 2 is 2.21 bits per heavy atom. The van der Waals surface area contributed by atoms with Gasteiger partial charge < -0.3 is 9.47 Å². The number of aryl methyl sites for hydroxylation is 4. The normalized spacial score (nSPS) is 19.2. The molecule has 0 aliphatic carbocycles. The molecule has 3 heteroatoms. The van der Waals surface area contributed by atoms with E-state index in [2.05, 4.69) is 46.6 Å². The van der Waals surface area contributed by atoms with Crippen LogP contribution in [0.25, 0.3) is 10.9 Å². The molecule has 0 atom stereocenters. The van der Waals surface area contributed by atoms with E-state index in [4.69, 9.17) is 6.85 Å². The van der Waals surface area contributed by atoms with E-state index >= 15 is 0 Å². The highest BCUT2D eigenvalue weighted by molar-refractivity contribution is 5.86. The maximum absolute atomic E-state index is 8.70. The van der Waals surface area contributed by atoms with E-state index in [1.165, 1.54) is 34.5 Å². The minimum absolute atomic E-state index is 0.0145. The number of fused-ring (bicyclic) bond motifs is 3. The van der Waals surface area contributed by atoms with Gasteiger partial charge in [0.25, 0.3) is 0 Å². The molecule has 1 aromatic carbocycles. The Balaban J connectivity index is 1.75. The van der Waals surface area contributed by atoms with Crippen LogP contribution in [0.2, 0.25) is 0 Å². The smallest absolute Gasteiger partial charge is 0.0486 e. The van der Waals surface area contributed by atoms with Gasteiger partial charge in [0.1, 0.15) is 0 Å². The second kappa shape index (κ2) is 6.06. The fraction of sp³-hybridized carbons (Fsp3) is 0.381. The lowest BCUT2D eigenvalue weighted by molar-refractivity contribution is 0.309. The first-order chi connectivity index (χ1) is 13.6. The topological polar surface area (TPSA) is 21.1 Å². The number of nitrogens with zero attached hydrogens (tertiary/aromatic N) is 3. The van der Waals surface area contributed by atoms with Crippen molar-refractivity contribution in [1.82, 2.24) is 14.5 Å². The number of benzene rings is 1. The molecular weight excluding hydrogens is 294 g/mol. The predicted molar refractivity (Wildman–Crippen MR) is 99.4 cm³/mol. The first-order valence-electron chi connectivity index (χ1n) is 10.8. The predicted octanol–water partition coefficient (Wildman–Crippen LogP) is 3.88. The van der Waals surface area contributed by atoms with Crippen molar-refractivity contribution in [2.24, 2.45) is 0 Å². The zero-order chi connectivity index (χ0) is 21.0. The van der Waals surface area contributed by atoms with E-state index in [0.29, 0.717) is 5.56 Å². The highest BCUT2D eigenvalue weighted by Gasteiger charge is 2.22. The standard InChI is InChI=1S/C21H25N3/c1-15-4-7-20-18(12-15)19-14-23(3)10-9-21(19)24(20)11-8-17-6-5-16(2)22-13-17/h4-7,12-13H,8-11,14H2,1-3H3/i2D3,8D2. The summed E-state index contributed by atoms with van der Waals surface area (Å²) < 4.78 is 41.9. The van der Waals surface area contributed by atoms with Crippen molar-refractivity contribution in [3.05, 3.63) is 64.6 Å². The zero-order valence-corrected chi connectivity index (χ0v) is 14.1. The van der Waals surface area contributed by atoms with Gasteiger partial charge in [0.15, 0.2) is 0 Å². The van der Waals surface area contributed by atoms with E-state index in [9.17, 15) is 0 Å². The van der Waals surface area contributed by atoms with Crippen LogP contribution in [0.15, 0.2) is 36.5 Å². The van der Waals surface area contributed by atoms with Gasteiger partial charge in [-0.1, -0.05) is 17.7 Å². The molecule has 0 spiro atoms. The van der Waals surface area contributed by atoms with Crippen LogP contribution in [0.5, 0.6) is 0 Å². The van der Waals surface area contributed by atoms with E-state index < -0.39 is 13.2 Å². The Hall–Kier alpha value is -2.13. The van der Waals surface area contributed by atoms with Crippen molar-refractivity contribution < 1.29 is 6.85 Å².